The van der Waals surface area contributed by atoms with Crippen LogP contribution in [0.25, 0.3) is 0 Å². The second kappa shape index (κ2) is 5.33. The van der Waals surface area contributed by atoms with E-state index in [-0.39, 0.29) is 23.5 Å². The lowest BCUT2D eigenvalue weighted by molar-refractivity contribution is 0.0924. The number of hydrogen-bond acceptors (Lipinski definition) is 5. The summed E-state index contributed by atoms with van der Waals surface area (Å²) in [6, 6.07) is 0.151. The monoisotopic (exact) mass is 212 g/mol. The summed E-state index contributed by atoms with van der Waals surface area (Å²) in [5.74, 6) is -0.298. The minimum atomic E-state index is -0.325. The third-order valence-electron chi connectivity index (χ3n) is 2.19. The van der Waals surface area contributed by atoms with Gasteiger partial charge in [-0.15, -0.1) is 0 Å². The quantitative estimate of drug-likeness (QED) is 0.758. The van der Waals surface area contributed by atoms with Gasteiger partial charge in [-0.25, -0.2) is 4.63 Å². The Morgan fingerprint density at radius 3 is 2.73 bits per heavy atom. The number of nitrogens with one attached hydrogen (secondary N) is 1. The molecule has 0 aliphatic heterocycles. The highest BCUT2D eigenvalue weighted by molar-refractivity contribution is 5.96. The zero-order valence-electron chi connectivity index (χ0n) is 8.99. The van der Waals surface area contributed by atoms with E-state index < -0.39 is 0 Å². The Balaban J connectivity index is 2.58. The molecule has 1 aromatic heterocycles. The zero-order valence-corrected chi connectivity index (χ0v) is 8.99. The van der Waals surface area contributed by atoms with E-state index in [4.69, 9.17) is 5.73 Å². The normalized spacial score (nSPS) is 12.4. The lowest BCUT2D eigenvalue weighted by Gasteiger charge is -2.14. The molecule has 6 heteroatoms. The van der Waals surface area contributed by atoms with Gasteiger partial charge in [0.25, 0.3) is 5.91 Å². The van der Waals surface area contributed by atoms with Gasteiger partial charge < -0.3 is 11.1 Å². The van der Waals surface area contributed by atoms with Gasteiger partial charge in [0.1, 0.15) is 0 Å². The van der Waals surface area contributed by atoms with E-state index >= 15 is 0 Å². The maximum Gasteiger partial charge on any atom is 0.277 e. The number of carbonyl (C=O) groups excluding carboxylic acids is 1. The molecule has 0 saturated carbocycles. The summed E-state index contributed by atoms with van der Waals surface area (Å²) in [7, 11) is 0. The lowest BCUT2D eigenvalue weighted by Crippen LogP contribution is -2.34. The van der Waals surface area contributed by atoms with Gasteiger partial charge in [0.15, 0.2) is 0 Å². The zero-order chi connectivity index (χ0) is 11.3. The molecule has 1 aromatic rings. The second-order valence-corrected chi connectivity index (χ2v) is 3.37. The Morgan fingerprint density at radius 1 is 1.53 bits per heavy atom. The first-order valence-corrected chi connectivity index (χ1v) is 5.07. The molecule has 0 aliphatic rings. The van der Waals surface area contributed by atoms with Crippen molar-refractivity contribution < 1.29 is 9.42 Å². The molecular formula is C9H16N4O2. The van der Waals surface area contributed by atoms with Crippen LogP contribution in [0.3, 0.4) is 0 Å². The van der Waals surface area contributed by atoms with Crippen molar-refractivity contribution in [2.45, 2.75) is 39.2 Å². The average molecular weight is 212 g/mol. The fourth-order valence-electron chi connectivity index (χ4n) is 1.33. The van der Waals surface area contributed by atoms with Gasteiger partial charge in [0.05, 0.1) is 0 Å². The summed E-state index contributed by atoms with van der Waals surface area (Å²) in [6.45, 7) is 4.09. The summed E-state index contributed by atoms with van der Waals surface area (Å²) in [4.78, 5) is 11.6. The summed E-state index contributed by atoms with van der Waals surface area (Å²) in [5, 5.41) is 9.62. The van der Waals surface area contributed by atoms with Crippen LogP contribution in [0, 0.1) is 0 Å². The Morgan fingerprint density at radius 2 is 2.27 bits per heavy atom. The van der Waals surface area contributed by atoms with Crippen LogP contribution in [0.15, 0.2) is 4.63 Å². The molecule has 3 N–H and O–H groups in total. The fourth-order valence-corrected chi connectivity index (χ4v) is 1.33. The van der Waals surface area contributed by atoms with Gasteiger partial charge in [-0.3, -0.25) is 4.79 Å². The molecule has 0 fully saturated rings. The van der Waals surface area contributed by atoms with Crippen molar-refractivity contribution in [3.8, 4) is 0 Å². The van der Waals surface area contributed by atoms with Crippen LogP contribution in [0.1, 0.15) is 43.6 Å². The van der Waals surface area contributed by atoms with Crippen molar-refractivity contribution in [3.63, 3.8) is 0 Å². The number of hydrogen-bond donors (Lipinski definition) is 2. The number of amides is 1. The molecule has 1 heterocycles. The number of nitrogens with zero attached hydrogens (tertiary/aromatic N) is 2. The molecule has 6 nitrogen and oxygen atoms in total. The molecular weight excluding hydrogens is 196 g/mol. The van der Waals surface area contributed by atoms with Gasteiger partial charge in [-0.1, -0.05) is 20.3 Å². The average Bonchev–Trinajstić information content (AvgIpc) is 2.63. The molecule has 1 unspecified atom stereocenters. The Kier molecular flexibility index (Phi) is 4.08. The van der Waals surface area contributed by atoms with Crippen molar-refractivity contribution in [1.29, 1.82) is 0 Å². The number of aromatic nitrogens is 2. The summed E-state index contributed by atoms with van der Waals surface area (Å²) in [5.41, 5.74) is 5.46. The topological polar surface area (TPSA) is 94.0 Å². The van der Waals surface area contributed by atoms with E-state index in [9.17, 15) is 4.79 Å². The highest BCUT2D eigenvalue weighted by Gasteiger charge is 2.18. The largest absolute Gasteiger partial charge is 0.379 e. The standard InChI is InChI=1S/C9H16N4O2/c1-3-5-6(4-2)11-9(14)7-8(10)13-15-12-7/h6H,3-5H2,1-2H3,(H2,10,13)(H,11,14). The van der Waals surface area contributed by atoms with Gasteiger partial charge in [-0.2, -0.15) is 0 Å². The molecule has 0 radical (unpaired) electrons. The first-order valence-electron chi connectivity index (χ1n) is 5.07. The van der Waals surface area contributed by atoms with Crippen molar-refractivity contribution >= 4 is 11.7 Å². The van der Waals surface area contributed by atoms with Crippen LogP contribution in [0.4, 0.5) is 5.82 Å². The van der Waals surface area contributed by atoms with Crippen LogP contribution in [0.5, 0.6) is 0 Å². The molecule has 0 spiro atoms. The maximum absolute atomic E-state index is 11.6. The maximum atomic E-state index is 11.6. The van der Waals surface area contributed by atoms with Crippen molar-refractivity contribution in [2.75, 3.05) is 5.73 Å². The predicted molar refractivity (Wildman–Crippen MR) is 55.2 cm³/mol. The van der Waals surface area contributed by atoms with Crippen molar-refractivity contribution in [2.24, 2.45) is 0 Å². The van der Waals surface area contributed by atoms with Gasteiger partial charge in [0, 0.05) is 6.04 Å². The summed E-state index contributed by atoms with van der Waals surface area (Å²) < 4.78 is 4.36. The van der Waals surface area contributed by atoms with Crippen LogP contribution in [0.2, 0.25) is 0 Å². The van der Waals surface area contributed by atoms with Gasteiger partial charge in [0.2, 0.25) is 11.5 Å². The van der Waals surface area contributed by atoms with Crippen LogP contribution >= 0.6 is 0 Å². The number of anilines is 1. The molecule has 84 valence electrons. The van der Waals surface area contributed by atoms with Crippen molar-refractivity contribution in [3.05, 3.63) is 5.69 Å². The van der Waals surface area contributed by atoms with E-state index in [0.29, 0.717) is 0 Å². The van der Waals surface area contributed by atoms with Crippen molar-refractivity contribution in [1.82, 2.24) is 15.6 Å². The van der Waals surface area contributed by atoms with E-state index in [0.717, 1.165) is 19.3 Å². The minimum absolute atomic E-state index is 0.0267. The first kappa shape index (κ1) is 11.5. The van der Waals surface area contributed by atoms with E-state index in [1.165, 1.54) is 0 Å². The highest BCUT2D eigenvalue weighted by atomic mass is 16.6. The Labute approximate surface area is 88.2 Å². The van der Waals surface area contributed by atoms with Crippen LogP contribution in [-0.2, 0) is 0 Å². The Hall–Kier alpha value is -1.59. The van der Waals surface area contributed by atoms with E-state index in [1.807, 2.05) is 6.92 Å². The predicted octanol–water partition coefficient (Wildman–Crippen LogP) is 0.960. The van der Waals surface area contributed by atoms with E-state index in [1.54, 1.807) is 0 Å². The molecule has 0 aromatic carbocycles. The lowest BCUT2D eigenvalue weighted by atomic mass is 10.1. The molecule has 1 rings (SSSR count). The molecule has 15 heavy (non-hydrogen) atoms. The molecule has 1 amide bonds. The number of carbonyl (C=O) groups is 1. The minimum Gasteiger partial charge on any atom is -0.379 e. The smallest absolute Gasteiger partial charge is 0.277 e. The van der Waals surface area contributed by atoms with E-state index in [2.05, 4.69) is 27.2 Å². The third-order valence-corrected chi connectivity index (χ3v) is 2.19. The molecule has 0 bridgehead atoms. The fraction of sp³-hybridized carbons (Fsp3) is 0.667. The van der Waals surface area contributed by atoms with Crippen LogP contribution in [-0.4, -0.2) is 22.3 Å². The number of rotatable bonds is 5. The Bertz CT molecular complexity index is 324. The number of nitrogen functional groups attached to an aromatic ring is 1. The summed E-state index contributed by atoms with van der Waals surface area (Å²) in [6.07, 6.45) is 2.84. The SMILES string of the molecule is CCCC(CC)NC(=O)c1nonc1N. The van der Waals surface area contributed by atoms with Crippen LogP contribution < -0.4 is 11.1 Å². The third kappa shape index (κ3) is 2.93. The number of nitrogens with two attached hydrogens (primary N) is 1. The molecule has 0 saturated heterocycles. The molecule has 0 aliphatic carbocycles. The molecule has 1 atom stereocenters. The van der Waals surface area contributed by atoms with Gasteiger partial charge >= 0.3 is 0 Å². The first-order chi connectivity index (χ1) is 7.19. The highest BCUT2D eigenvalue weighted by Crippen LogP contribution is 2.06. The summed E-state index contributed by atoms with van der Waals surface area (Å²) >= 11 is 0. The van der Waals surface area contributed by atoms with Gasteiger partial charge in [-0.05, 0) is 23.2 Å². The second-order valence-electron chi connectivity index (χ2n) is 3.37.